The van der Waals surface area contributed by atoms with Crippen LogP contribution in [0.1, 0.15) is 30.5 Å². The Bertz CT molecular complexity index is 454. The first-order valence-corrected chi connectivity index (χ1v) is 6.83. The highest BCUT2D eigenvalue weighted by Gasteiger charge is 2.19. The van der Waals surface area contributed by atoms with Crippen molar-refractivity contribution in [1.82, 2.24) is 9.88 Å². The molecule has 1 fully saturated rings. The number of carbonyl (C=O) groups excluding carboxylic acids is 1. The van der Waals surface area contributed by atoms with Crippen molar-refractivity contribution in [2.45, 2.75) is 32.1 Å². The third-order valence-electron chi connectivity index (χ3n) is 3.76. The van der Waals surface area contributed by atoms with E-state index in [1.165, 1.54) is 12.0 Å². The van der Waals surface area contributed by atoms with Crippen molar-refractivity contribution in [3.05, 3.63) is 23.4 Å². The molecule has 0 radical (unpaired) electrons. The zero-order chi connectivity index (χ0) is 12.4. The molecule has 4 nitrogen and oxygen atoms in total. The van der Waals surface area contributed by atoms with Crippen LogP contribution in [0, 0.1) is 0 Å². The predicted octanol–water partition coefficient (Wildman–Crippen LogP) is 1.60. The molecule has 0 aliphatic carbocycles. The average Bonchev–Trinajstić information content (AvgIpc) is 2.34. The molecule has 4 heteroatoms. The van der Waals surface area contributed by atoms with Gasteiger partial charge in [-0.2, -0.15) is 0 Å². The van der Waals surface area contributed by atoms with E-state index in [1.54, 1.807) is 0 Å². The lowest BCUT2D eigenvalue weighted by atomic mass is 10.1. The minimum Gasteiger partial charge on any atom is -0.370 e. The second-order valence-electron chi connectivity index (χ2n) is 5.07. The van der Waals surface area contributed by atoms with Crippen molar-refractivity contribution in [2.24, 2.45) is 0 Å². The van der Waals surface area contributed by atoms with E-state index in [2.05, 4.69) is 22.4 Å². The van der Waals surface area contributed by atoms with Gasteiger partial charge in [0.1, 0.15) is 5.82 Å². The Morgan fingerprint density at radius 2 is 2.22 bits per heavy atom. The number of fused-ring (bicyclic) bond motifs is 1. The third kappa shape index (κ3) is 2.33. The predicted molar refractivity (Wildman–Crippen MR) is 70.6 cm³/mol. The molecule has 0 unspecified atom stereocenters. The summed E-state index contributed by atoms with van der Waals surface area (Å²) in [5, 5.41) is 3.33. The SMILES string of the molecule is O=C(CCc1ccc2c(n1)NCCC2)N1CCC1. The van der Waals surface area contributed by atoms with Crippen molar-refractivity contribution in [2.75, 3.05) is 25.0 Å². The van der Waals surface area contributed by atoms with Crippen LogP contribution in [0.15, 0.2) is 12.1 Å². The van der Waals surface area contributed by atoms with E-state index in [0.717, 1.165) is 50.4 Å². The third-order valence-corrected chi connectivity index (χ3v) is 3.76. The summed E-state index contributed by atoms with van der Waals surface area (Å²) < 4.78 is 0. The summed E-state index contributed by atoms with van der Waals surface area (Å²) in [5.74, 6) is 1.30. The molecular weight excluding hydrogens is 226 g/mol. The van der Waals surface area contributed by atoms with E-state index in [9.17, 15) is 4.79 Å². The molecule has 0 atom stereocenters. The normalized spacial score (nSPS) is 17.7. The van der Waals surface area contributed by atoms with Crippen molar-refractivity contribution in [3.63, 3.8) is 0 Å². The van der Waals surface area contributed by atoms with Crippen LogP contribution < -0.4 is 5.32 Å². The fraction of sp³-hybridized carbons (Fsp3) is 0.571. The maximum atomic E-state index is 11.8. The molecule has 0 saturated carbocycles. The van der Waals surface area contributed by atoms with Crippen LogP contribution in [0.3, 0.4) is 0 Å². The van der Waals surface area contributed by atoms with E-state index in [-0.39, 0.29) is 5.91 Å². The van der Waals surface area contributed by atoms with Gasteiger partial charge in [0.25, 0.3) is 0 Å². The van der Waals surface area contributed by atoms with Gasteiger partial charge in [0.15, 0.2) is 0 Å². The van der Waals surface area contributed by atoms with Crippen LogP contribution in [0.2, 0.25) is 0 Å². The molecule has 1 aromatic rings. The number of anilines is 1. The Balaban J connectivity index is 1.60. The van der Waals surface area contributed by atoms with Crippen molar-refractivity contribution in [1.29, 1.82) is 0 Å². The number of hydrogen-bond donors (Lipinski definition) is 1. The smallest absolute Gasteiger partial charge is 0.222 e. The summed E-state index contributed by atoms with van der Waals surface area (Å²) >= 11 is 0. The number of aryl methyl sites for hydroxylation is 2. The van der Waals surface area contributed by atoms with Gasteiger partial charge in [-0.3, -0.25) is 4.79 Å². The lowest BCUT2D eigenvalue weighted by Crippen LogP contribution is -2.42. The molecule has 0 bridgehead atoms. The molecule has 1 amide bonds. The molecule has 0 spiro atoms. The first-order chi connectivity index (χ1) is 8.83. The Labute approximate surface area is 107 Å². The Morgan fingerprint density at radius 3 is 3.00 bits per heavy atom. The minimum atomic E-state index is 0.272. The van der Waals surface area contributed by atoms with Gasteiger partial charge in [-0.15, -0.1) is 0 Å². The molecule has 2 aliphatic heterocycles. The molecule has 3 heterocycles. The van der Waals surface area contributed by atoms with E-state index >= 15 is 0 Å². The molecule has 1 saturated heterocycles. The second kappa shape index (κ2) is 4.96. The lowest BCUT2D eigenvalue weighted by Gasteiger charge is -2.30. The first kappa shape index (κ1) is 11.5. The van der Waals surface area contributed by atoms with Crippen LogP contribution in [-0.4, -0.2) is 35.4 Å². The molecule has 96 valence electrons. The number of pyridine rings is 1. The number of hydrogen-bond acceptors (Lipinski definition) is 3. The van der Waals surface area contributed by atoms with Gasteiger partial charge in [0, 0.05) is 31.7 Å². The number of carbonyl (C=O) groups is 1. The van der Waals surface area contributed by atoms with Gasteiger partial charge in [-0.1, -0.05) is 6.07 Å². The summed E-state index contributed by atoms with van der Waals surface area (Å²) in [6, 6.07) is 4.22. The zero-order valence-corrected chi connectivity index (χ0v) is 10.6. The summed E-state index contributed by atoms with van der Waals surface area (Å²) in [6.45, 7) is 2.90. The number of nitrogens with one attached hydrogen (secondary N) is 1. The van der Waals surface area contributed by atoms with Crippen LogP contribution in [0.4, 0.5) is 5.82 Å². The molecule has 0 aromatic carbocycles. The Morgan fingerprint density at radius 1 is 1.33 bits per heavy atom. The van der Waals surface area contributed by atoms with Crippen molar-refractivity contribution in [3.8, 4) is 0 Å². The Kier molecular flexibility index (Phi) is 3.17. The first-order valence-electron chi connectivity index (χ1n) is 6.83. The van der Waals surface area contributed by atoms with Crippen molar-refractivity contribution < 1.29 is 4.79 Å². The van der Waals surface area contributed by atoms with Gasteiger partial charge in [-0.25, -0.2) is 4.98 Å². The highest BCUT2D eigenvalue weighted by atomic mass is 16.2. The van der Waals surface area contributed by atoms with Crippen LogP contribution in [0.5, 0.6) is 0 Å². The van der Waals surface area contributed by atoms with Gasteiger partial charge < -0.3 is 10.2 Å². The topological polar surface area (TPSA) is 45.2 Å². The maximum Gasteiger partial charge on any atom is 0.222 e. The Hall–Kier alpha value is -1.58. The van der Waals surface area contributed by atoms with Crippen LogP contribution in [-0.2, 0) is 17.6 Å². The van der Waals surface area contributed by atoms with Crippen LogP contribution >= 0.6 is 0 Å². The molecule has 3 rings (SSSR count). The zero-order valence-electron chi connectivity index (χ0n) is 10.6. The van der Waals surface area contributed by atoms with E-state index in [4.69, 9.17) is 0 Å². The average molecular weight is 245 g/mol. The van der Waals surface area contributed by atoms with E-state index < -0.39 is 0 Å². The van der Waals surface area contributed by atoms with Gasteiger partial charge in [0.05, 0.1) is 0 Å². The summed E-state index contributed by atoms with van der Waals surface area (Å²) in [4.78, 5) is 18.3. The number of amides is 1. The monoisotopic (exact) mass is 245 g/mol. The quantitative estimate of drug-likeness (QED) is 0.880. The molecular formula is C14H19N3O. The largest absolute Gasteiger partial charge is 0.370 e. The molecule has 2 aliphatic rings. The van der Waals surface area contributed by atoms with Crippen molar-refractivity contribution >= 4 is 11.7 Å². The number of rotatable bonds is 3. The summed E-state index contributed by atoms with van der Waals surface area (Å²) in [6.07, 6.45) is 4.80. The van der Waals surface area contributed by atoms with Gasteiger partial charge in [0.2, 0.25) is 5.91 Å². The molecule has 1 N–H and O–H groups in total. The summed E-state index contributed by atoms with van der Waals surface area (Å²) in [5.41, 5.74) is 2.33. The van der Waals surface area contributed by atoms with Gasteiger partial charge in [-0.05, 0) is 37.3 Å². The second-order valence-corrected chi connectivity index (χ2v) is 5.07. The highest BCUT2D eigenvalue weighted by molar-refractivity contribution is 5.77. The maximum absolute atomic E-state index is 11.8. The number of nitrogens with zero attached hydrogens (tertiary/aromatic N) is 2. The van der Waals surface area contributed by atoms with Crippen LogP contribution in [0.25, 0.3) is 0 Å². The standard InChI is InChI=1S/C14H19N3O/c18-13(17-9-2-10-17)7-6-12-5-4-11-3-1-8-15-14(11)16-12/h4-5H,1-3,6-10H2,(H,15,16). The number of likely N-dealkylation sites (tertiary alicyclic amines) is 1. The lowest BCUT2D eigenvalue weighted by molar-refractivity contribution is -0.134. The molecule has 1 aromatic heterocycles. The fourth-order valence-corrected chi connectivity index (χ4v) is 2.47. The minimum absolute atomic E-state index is 0.272. The highest BCUT2D eigenvalue weighted by Crippen LogP contribution is 2.20. The van der Waals surface area contributed by atoms with E-state index in [1.807, 2.05) is 4.90 Å². The molecule has 18 heavy (non-hydrogen) atoms. The van der Waals surface area contributed by atoms with E-state index in [0.29, 0.717) is 6.42 Å². The summed E-state index contributed by atoms with van der Waals surface area (Å²) in [7, 11) is 0. The fourth-order valence-electron chi connectivity index (χ4n) is 2.47. The number of aromatic nitrogens is 1. The van der Waals surface area contributed by atoms with Gasteiger partial charge >= 0.3 is 0 Å².